The van der Waals surface area contributed by atoms with Gasteiger partial charge in [0.05, 0.1) is 13.7 Å². The molecule has 1 fully saturated rings. The number of anilines is 1. The van der Waals surface area contributed by atoms with E-state index in [1.54, 1.807) is 13.0 Å². The van der Waals surface area contributed by atoms with Gasteiger partial charge in [-0.1, -0.05) is 0 Å². The first kappa shape index (κ1) is 14.1. The summed E-state index contributed by atoms with van der Waals surface area (Å²) in [5.41, 5.74) is 6.97. The summed E-state index contributed by atoms with van der Waals surface area (Å²) in [6.07, 6.45) is 0.670. The first-order valence-electron chi connectivity index (χ1n) is 5.98. The minimum Gasteiger partial charge on any atom is -0.495 e. The molecule has 106 valence electrons. The molecule has 1 unspecified atom stereocenters. The smallest absolute Gasteiger partial charge is 0.244 e. The number of nitrogen functional groups attached to an aromatic ring is 1. The number of benzene rings is 1. The Balaban J connectivity index is 2.36. The van der Waals surface area contributed by atoms with Crippen LogP contribution in [0.1, 0.15) is 12.0 Å². The molecule has 1 aromatic rings. The second-order valence-electron chi connectivity index (χ2n) is 4.54. The Morgan fingerprint density at radius 1 is 1.47 bits per heavy atom. The number of nitrogens with two attached hydrogens (primary N) is 1. The SMILES string of the molecule is COc1cc(C)c(N)cc1S(=O)(=O)NC1CCOC1. The van der Waals surface area contributed by atoms with Crippen molar-refractivity contribution in [3.8, 4) is 5.75 Å². The molecule has 1 saturated heterocycles. The summed E-state index contributed by atoms with van der Waals surface area (Å²) < 4.78 is 37.5. The Morgan fingerprint density at radius 3 is 2.79 bits per heavy atom. The monoisotopic (exact) mass is 286 g/mol. The molecule has 1 aliphatic heterocycles. The van der Waals surface area contributed by atoms with Crippen molar-refractivity contribution in [2.45, 2.75) is 24.3 Å². The molecule has 0 spiro atoms. The maximum absolute atomic E-state index is 12.3. The highest BCUT2D eigenvalue weighted by molar-refractivity contribution is 7.89. The average molecular weight is 286 g/mol. The Bertz CT molecular complexity index is 565. The van der Waals surface area contributed by atoms with Crippen LogP contribution in [0.25, 0.3) is 0 Å². The zero-order valence-corrected chi connectivity index (χ0v) is 11.8. The normalized spacial score (nSPS) is 19.6. The van der Waals surface area contributed by atoms with E-state index in [9.17, 15) is 8.42 Å². The zero-order chi connectivity index (χ0) is 14.0. The third kappa shape index (κ3) is 2.99. The fraction of sp³-hybridized carbons (Fsp3) is 0.500. The van der Waals surface area contributed by atoms with E-state index in [4.69, 9.17) is 15.2 Å². The van der Waals surface area contributed by atoms with Crippen LogP contribution in [-0.4, -0.2) is 34.8 Å². The molecule has 1 aromatic carbocycles. The molecule has 2 rings (SSSR count). The van der Waals surface area contributed by atoms with Gasteiger partial charge in [0.1, 0.15) is 10.6 Å². The van der Waals surface area contributed by atoms with Gasteiger partial charge in [0.2, 0.25) is 10.0 Å². The molecule has 1 aliphatic rings. The molecule has 0 aliphatic carbocycles. The molecule has 0 radical (unpaired) electrons. The van der Waals surface area contributed by atoms with E-state index in [1.165, 1.54) is 13.2 Å². The molecule has 1 atom stereocenters. The predicted octanol–water partition coefficient (Wildman–Crippen LogP) is 0.653. The first-order chi connectivity index (χ1) is 8.94. The van der Waals surface area contributed by atoms with Crippen molar-refractivity contribution in [3.63, 3.8) is 0 Å². The van der Waals surface area contributed by atoms with Crippen LogP contribution in [-0.2, 0) is 14.8 Å². The number of ether oxygens (including phenoxy) is 2. The van der Waals surface area contributed by atoms with Crippen LogP contribution in [0.3, 0.4) is 0 Å². The molecular weight excluding hydrogens is 268 g/mol. The quantitative estimate of drug-likeness (QED) is 0.793. The summed E-state index contributed by atoms with van der Waals surface area (Å²) in [4.78, 5) is 0.0602. The van der Waals surface area contributed by atoms with Crippen LogP contribution >= 0.6 is 0 Å². The van der Waals surface area contributed by atoms with Crippen LogP contribution < -0.4 is 15.2 Å². The molecule has 1 heterocycles. The van der Waals surface area contributed by atoms with Gasteiger partial charge in [0.25, 0.3) is 0 Å². The number of methoxy groups -OCH3 is 1. The van der Waals surface area contributed by atoms with Gasteiger partial charge in [-0.15, -0.1) is 0 Å². The van der Waals surface area contributed by atoms with Gasteiger partial charge < -0.3 is 15.2 Å². The van der Waals surface area contributed by atoms with Crippen LogP contribution in [0.15, 0.2) is 17.0 Å². The summed E-state index contributed by atoms with van der Waals surface area (Å²) in [7, 11) is -2.23. The highest BCUT2D eigenvalue weighted by Crippen LogP contribution is 2.29. The molecule has 0 aromatic heterocycles. The Morgan fingerprint density at radius 2 is 2.21 bits per heavy atom. The maximum Gasteiger partial charge on any atom is 0.244 e. The van der Waals surface area contributed by atoms with Crippen molar-refractivity contribution in [1.82, 2.24) is 4.72 Å². The number of nitrogens with one attached hydrogen (secondary N) is 1. The number of hydrogen-bond donors (Lipinski definition) is 2. The van der Waals surface area contributed by atoms with E-state index >= 15 is 0 Å². The van der Waals surface area contributed by atoms with Crippen molar-refractivity contribution >= 4 is 15.7 Å². The highest BCUT2D eigenvalue weighted by Gasteiger charge is 2.26. The predicted molar refractivity (Wildman–Crippen MR) is 71.7 cm³/mol. The number of rotatable bonds is 4. The van der Waals surface area contributed by atoms with Crippen LogP contribution in [0.5, 0.6) is 5.75 Å². The lowest BCUT2D eigenvalue weighted by molar-refractivity contribution is 0.192. The molecule has 19 heavy (non-hydrogen) atoms. The second kappa shape index (κ2) is 5.36. The summed E-state index contributed by atoms with van der Waals surface area (Å²) in [6, 6.07) is 2.85. The van der Waals surface area contributed by atoms with E-state index in [0.717, 1.165) is 5.56 Å². The zero-order valence-electron chi connectivity index (χ0n) is 11.0. The second-order valence-corrected chi connectivity index (χ2v) is 6.22. The standard InChI is InChI=1S/C12H18N2O4S/c1-8-5-11(17-2)12(6-10(8)13)19(15,16)14-9-3-4-18-7-9/h5-6,9,14H,3-4,7,13H2,1-2H3. The average Bonchev–Trinajstić information content (AvgIpc) is 2.84. The fourth-order valence-corrected chi connectivity index (χ4v) is 3.40. The Hall–Kier alpha value is -1.31. The van der Waals surface area contributed by atoms with Crippen molar-refractivity contribution < 1.29 is 17.9 Å². The minimum atomic E-state index is -3.66. The lowest BCUT2D eigenvalue weighted by atomic mass is 10.2. The van der Waals surface area contributed by atoms with E-state index in [0.29, 0.717) is 25.3 Å². The number of hydrogen-bond acceptors (Lipinski definition) is 5. The summed E-state index contributed by atoms with van der Waals surface area (Å²) >= 11 is 0. The Labute approximate surface area is 112 Å². The van der Waals surface area contributed by atoms with Gasteiger partial charge in [0.15, 0.2) is 0 Å². The fourth-order valence-electron chi connectivity index (χ4n) is 1.96. The van der Waals surface area contributed by atoms with Crippen molar-refractivity contribution in [3.05, 3.63) is 17.7 Å². The van der Waals surface area contributed by atoms with Crippen LogP contribution in [0, 0.1) is 6.92 Å². The number of sulfonamides is 1. The molecule has 3 N–H and O–H groups in total. The summed E-state index contributed by atoms with van der Waals surface area (Å²) in [6.45, 7) is 2.76. The van der Waals surface area contributed by atoms with Crippen LogP contribution in [0.2, 0.25) is 0 Å². The molecule has 6 nitrogen and oxygen atoms in total. The molecule has 0 amide bonds. The van der Waals surface area contributed by atoms with Crippen molar-refractivity contribution in [1.29, 1.82) is 0 Å². The van der Waals surface area contributed by atoms with E-state index < -0.39 is 10.0 Å². The molecule has 0 bridgehead atoms. The molecular formula is C12H18N2O4S. The summed E-state index contributed by atoms with van der Waals surface area (Å²) in [5, 5.41) is 0. The van der Waals surface area contributed by atoms with Gasteiger partial charge in [0, 0.05) is 18.3 Å². The van der Waals surface area contributed by atoms with Gasteiger partial charge >= 0.3 is 0 Å². The highest BCUT2D eigenvalue weighted by atomic mass is 32.2. The van der Waals surface area contributed by atoms with Crippen molar-refractivity contribution in [2.75, 3.05) is 26.1 Å². The van der Waals surface area contributed by atoms with Gasteiger partial charge in [-0.05, 0) is 31.0 Å². The van der Waals surface area contributed by atoms with Gasteiger partial charge in [-0.2, -0.15) is 0 Å². The van der Waals surface area contributed by atoms with E-state index in [2.05, 4.69) is 4.72 Å². The van der Waals surface area contributed by atoms with Gasteiger partial charge in [-0.25, -0.2) is 13.1 Å². The first-order valence-corrected chi connectivity index (χ1v) is 7.46. The molecule has 7 heteroatoms. The van der Waals surface area contributed by atoms with E-state index in [-0.39, 0.29) is 16.7 Å². The Kier molecular flexibility index (Phi) is 3.98. The van der Waals surface area contributed by atoms with Crippen molar-refractivity contribution in [2.24, 2.45) is 0 Å². The lowest BCUT2D eigenvalue weighted by Gasteiger charge is -2.15. The third-order valence-electron chi connectivity index (χ3n) is 3.09. The maximum atomic E-state index is 12.3. The van der Waals surface area contributed by atoms with E-state index in [1.807, 2.05) is 0 Å². The summed E-state index contributed by atoms with van der Waals surface area (Å²) in [5.74, 6) is 0.290. The van der Waals surface area contributed by atoms with Gasteiger partial charge in [-0.3, -0.25) is 0 Å². The number of aryl methyl sites for hydroxylation is 1. The third-order valence-corrected chi connectivity index (χ3v) is 4.64. The minimum absolute atomic E-state index is 0.0602. The van der Waals surface area contributed by atoms with Crippen LogP contribution in [0.4, 0.5) is 5.69 Å². The topological polar surface area (TPSA) is 90.7 Å². The lowest BCUT2D eigenvalue weighted by Crippen LogP contribution is -2.35. The molecule has 0 saturated carbocycles. The largest absolute Gasteiger partial charge is 0.495 e.